The van der Waals surface area contributed by atoms with E-state index in [-0.39, 0.29) is 48.7 Å². The van der Waals surface area contributed by atoms with Crippen LogP contribution in [0.1, 0.15) is 18.4 Å². The van der Waals surface area contributed by atoms with Crippen LogP contribution in [-0.4, -0.2) is 48.6 Å². The Balaban J connectivity index is 1.72. The summed E-state index contributed by atoms with van der Waals surface area (Å²) in [7, 11) is -3.53. The minimum atomic E-state index is -3.53. The van der Waals surface area contributed by atoms with Gasteiger partial charge in [-0.25, -0.2) is 8.42 Å². The SMILES string of the molecule is Cc1ccc(S(=O)(=O)N2CC(N3C(=O)CCC3=O)C2)cc1. The highest BCUT2D eigenvalue weighted by Gasteiger charge is 2.45. The number of hydrogen-bond acceptors (Lipinski definition) is 4. The van der Waals surface area contributed by atoms with Crippen molar-refractivity contribution in [2.75, 3.05) is 13.1 Å². The van der Waals surface area contributed by atoms with Gasteiger partial charge in [0.2, 0.25) is 21.8 Å². The second-order valence-electron chi connectivity index (χ2n) is 5.45. The van der Waals surface area contributed by atoms with Crippen molar-refractivity contribution in [3.8, 4) is 0 Å². The number of carbonyl (C=O) groups excluding carboxylic acids is 2. The van der Waals surface area contributed by atoms with Gasteiger partial charge in [-0.1, -0.05) is 17.7 Å². The third-order valence-corrected chi connectivity index (χ3v) is 5.79. The number of imide groups is 1. The van der Waals surface area contributed by atoms with Crippen LogP contribution in [0.2, 0.25) is 0 Å². The molecular formula is C14H16N2O4S. The van der Waals surface area contributed by atoms with Crippen LogP contribution in [0.15, 0.2) is 29.2 Å². The number of benzene rings is 1. The molecule has 0 N–H and O–H groups in total. The summed E-state index contributed by atoms with van der Waals surface area (Å²) < 4.78 is 26.1. The van der Waals surface area contributed by atoms with Crippen molar-refractivity contribution in [2.45, 2.75) is 30.7 Å². The molecule has 0 saturated carbocycles. The molecule has 2 aliphatic rings. The predicted octanol–water partition coefficient (Wildman–Crippen LogP) is 0.517. The van der Waals surface area contributed by atoms with Crippen molar-refractivity contribution in [3.63, 3.8) is 0 Å². The highest BCUT2D eigenvalue weighted by Crippen LogP contribution is 2.27. The Kier molecular flexibility index (Phi) is 3.33. The fraction of sp³-hybridized carbons (Fsp3) is 0.429. The largest absolute Gasteiger partial charge is 0.277 e. The molecule has 0 atom stereocenters. The van der Waals surface area contributed by atoms with Gasteiger partial charge in [0.05, 0.1) is 10.9 Å². The summed E-state index contributed by atoms with van der Waals surface area (Å²) in [4.78, 5) is 24.7. The molecule has 0 spiro atoms. The van der Waals surface area contributed by atoms with E-state index in [0.717, 1.165) is 5.56 Å². The van der Waals surface area contributed by atoms with Gasteiger partial charge in [0, 0.05) is 25.9 Å². The number of rotatable bonds is 3. The lowest BCUT2D eigenvalue weighted by Gasteiger charge is -2.41. The zero-order valence-electron chi connectivity index (χ0n) is 11.7. The molecule has 2 fully saturated rings. The predicted molar refractivity (Wildman–Crippen MR) is 74.8 cm³/mol. The van der Waals surface area contributed by atoms with Gasteiger partial charge in [0.1, 0.15) is 0 Å². The lowest BCUT2D eigenvalue weighted by atomic mass is 10.1. The summed E-state index contributed by atoms with van der Waals surface area (Å²) in [5.41, 5.74) is 0.990. The Morgan fingerprint density at radius 2 is 1.52 bits per heavy atom. The maximum Gasteiger partial charge on any atom is 0.243 e. The molecule has 0 radical (unpaired) electrons. The summed E-state index contributed by atoms with van der Waals surface area (Å²) in [6.07, 6.45) is 0.472. The van der Waals surface area contributed by atoms with Crippen molar-refractivity contribution >= 4 is 21.8 Å². The van der Waals surface area contributed by atoms with Crippen molar-refractivity contribution < 1.29 is 18.0 Å². The molecule has 112 valence electrons. The standard InChI is InChI=1S/C14H16N2O4S/c1-10-2-4-12(5-3-10)21(19,20)15-8-11(9-15)16-13(17)6-7-14(16)18/h2-5,11H,6-9H2,1H3. The van der Waals surface area contributed by atoms with E-state index in [1.165, 1.54) is 9.21 Å². The molecule has 2 amide bonds. The minimum Gasteiger partial charge on any atom is -0.277 e. The Morgan fingerprint density at radius 3 is 2.05 bits per heavy atom. The van der Waals surface area contributed by atoms with E-state index in [4.69, 9.17) is 0 Å². The van der Waals surface area contributed by atoms with Gasteiger partial charge >= 0.3 is 0 Å². The molecule has 2 heterocycles. The molecule has 0 unspecified atom stereocenters. The zero-order chi connectivity index (χ0) is 15.2. The van der Waals surface area contributed by atoms with E-state index in [2.05, 4.69) is 0 Å². The summed E-state index contributed by atoms with van der Waals surface area (Å²) in [5.74, 6) is -0.394. The number of hydrogen-bond donors (Lipinski definition) is 0. The molecule has 1 aromatic rings. The number of aryl methyl sites for hydroxylation is 1. The molecule has 21 heavy (non-hydrogen) atoms. The van der Waals surface area contributed by atoms with Crippen LogP contribution in [0.4, 0.5) is 0 Å². The van der Waals surface area contributed by atoms with E-state index < -0.39 is 10.0 Å². The summed E-state index contributed by atoms with van der Waals surface area (Å²) in [5, 5.41) is 0. The third kappa shape index (κ3) is 2.36. The number of sulfonamides is 1. The van der Waals surface area contributed by atoms with Crippen LogP contribution in [0.5, 0.6) is 0 Å². The first kappa shape index (κ1) is 14.2. The van der Waals surface area contributed by atoms with Gasteiger partial charge in [-0.3, -0.25) is 14.5 Å². The molecule has 3 rings (SSSR count). The highest BCUT2D eigenvalue weighted by atomic mass is 32.2. The fourth-order valence-electron chi connectivity index (χ4n) is 2.64. The van der Waals surface area contributed by atoms with Crippen molar-refractivity contribution in [1.29, 1.82) is 0 Å². The Morgan fingerprint density at radius 1 is 1.00 bits per heavy atom. The zero-order valence-corrected chi connectivity index (χ0v) is 12.5. The second-order valence-corrected chi connectivity index (χ2v) is 7.38. The normalized spacial score (nSPS) is 20.9. The number of likely N-dealkylation sites (tertiary alicyclic amines) is 1. The average molecular weight is 308 g/mol. The Hall–Kier alpha value is -1.73. The van der Waals surface area contributed by atoms with Gasteiger partial charge in [-0.05, 0) is 19.1 Å². The van der Waals surface area contributed by atoms with Crippen LogP contribution in [0, 0.1) is 6.92 Å². The van der Waals surface area contributed by atoms with Crippen molar-refractivity contribution in [1.82, 2.24) is 9.21 Å². The van der Waals surface area contributed by atoms with E-state index in [9.17, 15) is 18.0 Å². The maximum absolute atomic E-state index is 12.4. The average Bonchev–Trinajstić information content (AvgIpc) is 2.69. The smallest absolute Gasteiger partial charge is 0.243 e. The first-order chi connectivity index (χ1) is 9.89. The summed E-state index contributed by atoms with van der Waals surface area (Å²) in [6.45, 7) is 2.27. The number of nitrogens with zero attached hydrogens (tertiary/aromatic N) is 2. The van der Waals surface area contributed by atoms with Gasteiger partial charge in [0.25, 0.3) is 0 Å². The monoisotopic (exact) mass is 308 g/mol. The number of amides is 2. The second kappa shape index (κ2) is 4.92. The molecule has 6 nitrogen and oxygen atoms in total. The molecular weight excluding hydrogens is 292 g/mol. The van der Waals surface area contributed by atoms with E-state index in [1.807, 2.05) is 6.92 Å². The number of carbonyl (C=O) groups is 2. The lowest BCUT2D eigenvalue weighted by molar-refractivity contribution is -0.143. The Labute approximate surface area is 123 Å². The van der Waals surface area contributed by atoms with Gasteiger partial charge < -0.3 is 0 Å². The first-order valence-corrected chi connectivity index (χ1v) is 8.25. The van der Waals surface area contributed by atoms with Crippen LogP contribution in [0.3, 0.4) is 0 Å². The molecule has 1 aromatic carbocycles. The topological polar surface area (TPSA) is 74.8 Å². The van der Waals surface area contributed by atoms with E-state index in [0.29, 0.717) is 0 Å². The molecule has 0 aromatic heterocycles. The summed E-state index contributed by atoms with van der Waals surface area (Å²) in [6, 6.07) is 6.33. The molecule has 2 aliphatic heterocycles. The first-order valence-electron chi connectivity index (χ1n) is 6.81. The molecule has 0 aliphatic carbocycles. The van der Waals surface area contributed by atoms with Crippen LogP contribution in [-0.2, 0) is 19.6 Å². The van der Waals surface area contributed by atoms with Crippen molar-refractivity contribution in [2.24, 2.45) is 0 Å². The fourth-order valence-corrected chi connectivity index (χ4v) is 4.15. The van der Waals surface area contributed by atoms with Crippen molar-refractivity contribution in [3.05, 3.63) is 29.8 Å². The molecule has 0 bridgehead atoms. The van der Waals surface area contributed by atoms with Crippen LogP contribution >= 0.6 is 0 Å². The van der Waals surface area contributed by atoms with Gasteiger partial charge in [-0.2, -0.15) is 4.31 Å². The van der Waals surface area contributed by atoms with Gasteiger partial charge in [-0.15, -0.1) is 0 Å². The Bertz CT molecular complexity index is 674. The van der Waals surface area contributed by atoms with Crippen LogP contribution in [0.25, 0.3) is 0 Å². The molecule has 7 heteroatoms. The maximum atomic E-state index is 12.4. The third-order valence-electron chi connectivity index (χ3n) is 3.94. The quantitative estimate of drug-likeness (QED) is 0.763. The highest BCUT2D eigenvalue weighted by molar-refractivity contribution is 7.89. The van der Waals surface area contributed by atoms with Gasteiger partial charge in [0.15, 0.2) is 0 Å². The van der Waals surface area contributed by atoms with Crippen LogP contribution < -0.4 is 0 Å². The van der Waals surface area contributed by atoms with E-state index in [1.54, 1.807) is 24.3 Å². The summed E-state index contributed by atoms with van der Waals surface area (Å²) >= 11 is 0. The van der Waals surface area contributed by atoms with E-state index >= 15 is 0 Å². The molecule has 2 saturated heterocycles. The lowest BCUT2D eigenvalue weighted by Crippen LogP contribution is -2.62. The minimum absolute atomic E-state index is 0.188.